The number of carbonyl (C=O) groups is 4. The van der Waals surface area contributed by atoms with Crippen LogP contribution in [0.3, 0.4) is 0 Å². The van der Waals surface area contributed by atoms with Crippen LogP contribution in [0.25, 0.3) is 0 Å². The van der Waals surface area contributed by atoms with E-state index in [2.05, 4.69) is 21.2 Å². The molecule has 7 rings (SSSR count). The van der Waals surface area contributed by atoms with Crippen molar-refractivity contribution in [3.8, 4) is 0 Å². The zero-order valence-electron chi connectivity index (χ0n) is 20.9. The molecule has 1 fully saturated rings. The number of halogens is 1. The van der Waals surface area contributed by atoms with Crippen LogP contribution < -0.4 is 5.32 Å². The number of aryl methyl sites for hydroxylation is 2. The molecule has 2 atom stereocenters. The van der Waals surface area contributed by atoms with Gasteiger partial charge < -0.3 is 10.1 Å². The monoisotopic (exact) mass is 572 g/mol. The van der Waals surface area contributed by atoms with Gasteiger partial charge >= 0.3 is 5.97 Å². The second-order valence-corrected chi connectivity index (χ2v) is 11.0. The number of esters is 1. The van der Waals surface area contributed by atoms with Gasteiger partial charge in [0.05, 0.1) is 11.8 Å². The highest BCUT2D eigenvalue weighted by atomic mass is 79.9. The summed E-state index contributed by atoms with van der Waals surface area (Å²) in [7, 11) is 0. The van der Waals surface area contributed by atoms with Crippen molar-refractivity contribution in [3.05, 3.63) is 98.5 Å². The summed E-state index contributed by atoms with van der Waals surface area (Å²) in [5.74, 6) is -3.61. The fourth-order valence-electron chi connectivity index (χ4n) is 6.43. The molecule has 8 heteroatoms. The molecule has 38 heavy (non-hydrogen) atoms. The minimum absolute atomic E-state index is 0.238. The molecular weight excluding hydrogens is 548 g/mol. The lowest BCUT2D eigenvalue weighted by Gasteiger charge is -2.45. The molecule has 4 aliphatic rings. The molecule has 0 radical (unpaired) electrons. The van der Waals surface area contributed by atoms with Gasteiger partial charge in [-0.1, -0.05) is 64.5 Å². The van der Waals surface area contributed by atoms with Gasteiger partial charge in [-0.15, -0.1) is 0 Å². The molecule has 3 aliphatic carbocycles. The Morgan fingerprint density at radius 1 is 0.842 bits per heavy atom. The van der Waals surface area contributed by atoms with Crippen LogP contribution in [0.5, 0.6) is 0 Å². The topological polar surface area (TPSA) is 92.8 Å². The molecule has 2 bridgehead atoms. The van der Waals surface area contributed by atoms with Gasteiger partial charge in [-0.2, -0.15) is 0 Å². The normalized spacial score (nSPS) is 22.6. The molecule has 0 unspecified atom stereocenters. The molecule has 3 amide bonds. The third-order valence-electron chi connectivity index (χ3n) is 7.91. The van der Waals surface area contributed by atoms with Gasteiger partial charge in [0.15, 0.2) is 6.61 Å². The molecule has 1 saturated heterocycles. The Hall–Kier alpha value is -3.78. The van der Waals surface area contributed by atoms with Crippen molar-refractivity contribution in [1.29, 1.82) is 0 Å². The number of imide groups is 1. The molecular formula is C30H25BrN2O5. The van der Waals surface area contributed by atoms with E-state index in [-0.39, 0.29) is 23.7 Å². The molecule has 3 aromatic rings. The van der Waals surface area contributed by atoms with Crippen molar-refractivity contribution in [2.75, 3.05) is 18.5 Å². The third kappa shape index (κ3) is 3.77. The number of carbonyl (C=O) groups excluding carboxylic acids is 4. The fraction of sp³-hybridized carbons (Fsp3) is 0.267. The highest BCUT2D eigenvalue weighted by Crippen LogP contribution is 2.60. The predicted molar refractivity (Wildman–Crippen MR) is 143 cm³/mol. The summed E-state index contributed by atoms with van der Waals surface area (Å²) in [5, 5.41) is 2.71. The summed E-state index contributed by atoms with van der Waals surface area (Å²) in [5.41, 5.74) is 6.78. The number of amides is 3. The van der Waals surface area contributed by atoms with Gasteiger partial charge in [0.1, 0.15) is 6.54 Å². The number of hydrogen-bond acceptors (Lipinski definition) is 5. The highest BCUT2D eigenvalue weighted by molar-refractivity contribution is 9.10. The number of rotatable bonds is 5. The van der Waals surface area contributed by atoms with Crippen molar-refractivity contribution in [3.63, 3.8) is 0 Å². The third-order valence-corrected chi connectivity index (χ3v) is 9.16. The molecule has 3 aromatic carbocycles. The quantitative estimate of drug-likeness (QED) is 0.360. The van der Waals surface area contributed by atoms with Crippen LogP contribution in [0.4, 0.5) is 5.69 Å². The van der Waals surface area contributed by atoms with Crippen LogP contribution in [0.15, 0.2) is 65.1 Å². The number of hydrogen-bond donors (Lipinski definition) is 1. The van der Waals surface area contributed by atoms with E-state index < -0.39 is 36.9 Å². The SMILES string of the molecule is Cc1cc(NC(=O)COC(=O)CN2C(=O)[C@@H]3C4c5ccccc5C(c5ccccc54)[C@@H]3C2=O)cc(C)c1Br. The molecule has 1 heterocycles. The summed E-state index contributed by atoms with van der Waals surface area (Å²) in [6.45, 7) is 2.80. The van der Waals surface area contributed by atoms with Crippen molar-refractivity contribution in [2.24, 2.45) is 11.8 Å². The first-order chi connectivity index (χ1) is 18.3. The van der Waals surface area contributed by atoms with E-state index in [4.69, 9.17) is 4.74 Å². The van der Waals surface area contributed by atoms with Gasteiger partial charge in [0, 0.05) is 22.0 Å². The lowest BCUT2D eigenvalue weighted by Crippen LogP contribution is -2.41. The largest absolute Gasteiger partial charge is 0.454 e. The zero-order valence-corrected chi connectivity index (χ0v) is 22.4. The van der Waals surface area contributed by atoms with Crippen molar-refractivity contribution in [1.82, 2.24) is 4.90 Å². The molecule has 0 aromatic heterocycles. The number of benzene rings is 3. The molecule has 0 saturated carbocycles. The Labute approximate surface area is 228 Å². The van der Waals surface area contributed by atoms with Crippen LogP contribution >= 0.6 is 15.9 Å². The molecule has 7 nitrogen and oxygen atoms in total. The smallest absolute Gasteiger partial charge is 0.326 e. The summed E-state index contributed by atoms with van der Waals surface area (Å²) >= 11 is 3.49. The average molecular weight is 573 g/mol. The van der Waals surface area contributed by atoms with E-state index in [1.165, 1.54) is 0 Å². The maximum atomic E-state index is 13.6. The average Bonchev–Trinajstić information content (AvgIpc) is 3.16. The van der Waals surface area contributed by atoms with Crippen LogP contribution in [0, 0.1) is 25.7 Å². The van der Waals surface area contributed by atoms with Gasteiger partial charge in [-0.05, 0) is 59.4 Å². The maximum absolute atomic E-state index is 13.6. The van der Waals surface area contributed by atoms with Gasteiger partial charge in [0.2, 0.25) is 11.8 Å². The Morgan fingerprint density at radius 2 is 1.29 bits per heavy atom. The Kier molecular flexibility index (Phi) is 5.94. The maximum Gasteiger partial charge on any atom is 0.326 e. The molecule has 0 spiro atoms. The van der Waals surface area contributed by atoms with Crippen LogP contribution in [-0.4, -0.2) is 41.7 Å². The zero-order chi connectivity index (χ0) is 26.7. The lowest BCUT2D eigenvalue weighted by molar-refractivity contribution is -0.154. The number of ether oxygens (including phenoxy) is 1. The summed E-state index contributed by atoms with van der Waals surface area (Å²) in [6.07, 6.45) is 0. The summed E-state index contributed by atoms with van der Waals surface area (Å²) < 4.78 is 6.12. The minimum atomic E-state index is -0.800. The van der Waals surface area contributed by atoms with E-state index in [0.29, 0.717) is 5.69 Å². The van der Waals surface area contributed by atoms with E-state index >= 15 is 0 Å². The Balaban J connectivity index is 1.17. The number of nitrogens with zero attached hydrogens (tertiary/aromatic N) is 1. The number of anilines is 1. The lowest BCUT2D eigenvalue weighted by atomic mass is 9.55. The fourth-order valence-corrected chi connectivity index (χ4v) is 6.66. The summed E-state index contributed by atoms with van der Waals surface area (Å²) in [6, 6.07) is 19.5. The standard InChI is InChI=1S/C30H25BrN2O5/c1-15-11-17(12-16(2)28(15)31)32-22(34)14-38-23(35)13-33-29(36)26-24-18-7-3-4-8-19(18)25(27(26)30(33)37)21-10-6-5-9-20(21)24/h3-12,24-27H,13-14H2,1-2H3,(H,32,34)/t24?,25?,26-,27+. The van der Waals surface area contributed by atoms with Gasteiger partial charge in [-0.25, -0.2) is 0 Å². The van der Waals surface area contributed by atoms with E-state index in [9.17, 15) is 19.2 Å². The second-order valence-electron chi connectivity index (χ2n) is 10.2. The van der Waals surface area contributed by atoms with Crippen molar-refractivity contribution < 1.29 is 23.9 Å². The highest BCUT2D eigenvalue weighted by Gasteiger charge is 2.61. The van der Waals surface area contributed by atoms with Gasteiger partial charge in [0.25, 0.3) is 5.91 Å². The number of nitrogens with one attached hydrogen (secondary N) is 1. The second kappa shape index (κ2) is 9.20. The van der Waals surface area contributed by atoms with E-state index in [1.807, 2.05) is 74.5 Å². The Morgan fingerprint density at radius 3 is 1.74 bits per heavy atom. The molecule has 1 aliphatic heterocycles. The Bertz CT molecular complexity index is 1390. The van der Waals surface area contributed by atoms with E-state index in [1.54, 1.807) is 0 Å². The van der Waals surface area contributed by atoms with Crippen LogP contribution in [0.2, 0.25) is 0 Å². The van der Waals surface area contributed by atoms with E-state index in [0.717, 1.165) is 42.8 Å². The summed E-state index contributed by atoms with van der Waals surface area (Å²) in [4.78, 5) is 53.2. The molecule has 1 N–H and O–H groups in total. The molecule has 192 valence electrons. The predicted octanol–water partition coefficient (Wildman–Crippen LogP) is 4.44. The van der Waals surface area contributed by atoms with Crippen LogP contribution in [-0.2, 0) is 23.9 Å². The first kappa shape index (κ1) is 24.6. The first-order valence-electron chi connectivity index (χ1n) is 12.5. The van der Waals surface area contributed by atoms with Crippen molar-refractivity contribution >= 4 is 45.3 Å². The van der Waals surface area contributed by atoms with Gasteiger partial charge in [-0.3, -0.25) is 24.1 Å². The van der Waals surface area contributed by atoms with Crippen LogP contribution in [0.1, 0.15) is 45.2 Å². The first-order valence-corrected chi connectivity index (χ1v) is 13.3. The number of likely N-dealkylation sites (tertiary alicyclic amines) is 1. The minimum Gasteiger partial charge on any atom is -0.454 e. The van der Waals surface area contributed by atoms with Crippen molar-refractivity contribution in [2.45, 2.75) is 25.7 Å².